The number of hydrogen-bond donors (Lipinski definition) is 2. The van der Waals surface area contributed by atoms with Gasteiger partial charge in [0.25, 0.3) is 11.5 Å². The van der Waals surface area contributed by atoms with E-state index in [4.69, 9.17) is 11.6 Å². The van der Waals surface area contributed by atoms with Gasteiger partial charge in [0.15, 0.2) is 0 Å². The Bertz CT molecular complexity index is 1140. The lowest BCUT2D eigenvalue weighted by atomic mass is 10.2. The number of carbonyl (C=O) groups is 1. The molecule has 1 aromatic heterocycles. The van der Waals surface area contributed by atoms with Crippen molar-refractivity contribution in [3.05, 3.63) is 97.0 Å². The molecule has 6 nitrogen and oxygen atoms in total. The second kappa shape index (κ2) is 7.59. The van der Waals surface area contributed by atoms with Crippen molar-refractivity contribution in [3.63, 3.8) is 0 Å². The van der Waals surface area contributed by atoms with E-state index in [1.54, 1.807) is 24.3 Å². The van der Waals surface area contributed by atoms with Gasteiger partial charge in [-0.1, -0.05) is 35.9 Å². The number of aryl methyl sites for hydroxylation is 1. The minimum Gasteiger partial charge on any atom is -0.320 e. The maximum Gasteiger partial charge on any atom is 0.328 e. The summed E-state index contributed by atoms with van der Waals surface area (Å²) in [7, 11) is 0. The van der Waals surface area contributed by atoms with Gasteiger partial charge in [-0.25, -0.2) is 9.18 Å². The summed E-state index contributed by atoms with van der Waals surface area (Å²) in [5.74, 6) is -1.28. The van der Waals surface area contributed by atoms with Crippen LogP contribution in [-0.2, 0) is 6.54 Å². The molecule has 2 aromatic carbocycles. The fourth-order valence-corrected chi connectivity index (χ4v) is 2.81. The zero-order chi connectivity index (χ0) is 19.6. The number of nitrogens with zero attached hydrogens (tertiary/aromatic N) is 1. The maximum absolute atomic E-state index is 13.8. The third kappa shape index (κ3) is 3.98. The number of carbonyl (C=O) groups excluding carboxylic acids is 1. The minimum absolute atomic E-state index is 0.157. The molecule has 0 atom stereocenters. The van der Waals surface area contributed by atoms with E-state index in [9.17, 15) is 18.8 Å². The van der Waals surface area contributed by atoms with E-state index in [0.717, 1.165) is 16.3 Å². The quantitative estimate of drug-likeness (QED) is 0.722. The third-order valence-corrected chi connectivity index (χ3v) is 4.28. The first-order valence-corrected chi connectivity index (χ1v) is 8.38. The Morgan fingerprint density at radius 3 is 2.67 bits per heavy atom. The molecular weight excluding hydrogens is 373 g/mol. The topological polar surface area (TPSA) is 84.0 Å². The van der Waals surface area contributed by atoms with Gasteiger partial charge in [-0.3, -0.25) is 14.2 Å². The molecular formula is C19H15ClFN3O3. The minimum atomic E-state index is -0.831. The average Bonchev–Trinajstić information content (AvgIpc) is 2.62. The van der Waals surface area contributed by atoms with Crippen LogP contribution in [0.3, 0.4) is 0 Å². The molecule has 0 radical (unpaired) electrons. The van der Waals surface area contributed by atoms with Crippen molar-refractivity contribution in [1.29, 1.82) is 0 Å². The molecule has 0 saturated carbocycles. The van der Waals surface area contributed by atoms with Crippen molar-refractivity contribution in [2.45, 2.75) is 13.5 Å². The summed E-state index contributed by atoms with van der Waals surface area (Å²) in [6.45, 7) is 1.55. The Morgan fingerprint density at radius 2 is 1.96 bits per heavy atom. The number of H-pyrrole nitrogens is 1. The van der Waals surface area contributed by atoms with Crippen LogP contribution in [0, 0.1) is 12.7 Å². The lowest BCUT2D eigenvalue weighted by Gasteiger charge is -2.10. The summed E-state index contributed by atoms with van der Waals surface area (Å²) in [5.41, 5.74) is -0.462. The second-order valence-corrected chi connectivity index (χ2v) is 6.33. The lowest BCUT2D eigenvalue weighted by Crippen LogP contribution is -2.39. The molecule has 1 amide bonds. The summed E-state index contributed by atoms with van der Waals surface area (Å²) in [6.07, 6.45) is 1.03. The monoisotopic (exact) mass is 387 g/mol. The predicted octanol–water partition coefficient (Wildman–Crippen LogP) is 2.94. The van der Waals surface area contributed by atoms with Crippen LogP contribution >= 0.6 is 11.6 Å². The summed E-state index contributed by atoms with van der Waals surface area (Å²) >= 11 is 6.08. The van der Waals surface area contributed by atoms with Crippen LogP contribution < -0.4 is 16.6 Å². The molecule has 0 unspecified atom stereocenters. The van der Waals surface area contributed by atoms with Crippen LogP contribution in [-0.4, -0.2) is 15.5 Å². The number of nitrogens with one attached hydrogen (secondary N) is 2. The van der Waals surface area contributed by atoms with Gasteiger partial charge in [0.2, 0.25) is 0 Å². The number of aromatic nitrogens is 2. The maximum atomic E-state index is 13.8. The Hall–Kier alpha value is -3.19. The van der Waals surface area contributed by atoms with Crippen molar-refractivity contribution in [3.8, 4) is 0 Å². The molecule has 3 aromatic rings. The second-order valence-electron chi connectivity index (χ2n) is 5.93. The third-order valence-electron chi connectivity index (χ3n) is 3.96. The molecule has 2 N–H and O–H groups in total. The van der Waals surface area contributed by atoms with Crippen LogP contribution in [0.1, 0.15) is 21.5 Å². The highest BCUT2D eigenvalue weighted by atomic mass is 35.5. The molecule has 0 aliphatic carbocycles. The molecule has 0 aliphatic heterocycles. The fraction of sp³-hybridized carbons (Fsp3) is 0.105. The molecule has 0 fully saturated rings. The van der Waals surface area contributed by atoms with Crippen molar-refractivity contribution >= 4 is 23.2 Å². The van der Waals surface area contributed by atoms with Crippen molar-refractivity contribution < 1.29 is 9.18 Å². The number of rotatable bonds is 4. The van der Waals surface area contributed by atoms with Gasteiger partial charge in [0.1, 0.15) is 11.4 Å². The summed E-state index contributed by atoms with van der Waals surface area (Å²) < 4.78 is 14.6. The predicted molar refractivity (Wildman–Crippen MR) is 101 cm³/mol. The number of aromatic amines is 1. The average molecular weight is 388 g/mol. The van der Waals surface area contributed by atoms with E-state index in [1.807, 2.05) is 6.92 Å². The first-order chi connectivity index (χ1) is 12.9. The van der Waals surface area contributed by atoms with Crippen LogP contribution in [0.4, 0.5) is 10.1 Å². The molecule has 3 rings (SSSR count). The van der Waals surface area contributed by atoms with Gasteiger partial charge >= 0.3 is 5.69 Å². The Labute approximate surface area is 158 Å². The number of hydrogen-bond acceptors (Lipinski definition) is 3. The van der Waals surface area contributed by atoms with Crippen molar-refractivity contribution in [2.75, 3.05) is 5.32 Å². The Kier molecular flexibility index (Phi) is 5.23. The molecule has 0 bridgehead atoms. The largest absolute Gasteiger partial charge is 0.328 e. The summed E-state index contributed by atoms with van der Waals surface area (Å²) in [5, 5.41) is 2.86. The van der Waals surface area contributed by atoms with Crippen LogP contribution in [0.5, 0.6) is 0 Å². The smallest absolute Gasteiger partial charge is 0.320 e. The standard InChI is InChI=1S/C19H15ClFN3O3/c1-11-6-7-16(14(20)8-11)23-17(25)13-9-22-19(27)24(18(13)26)10-12-4-2-3-5-15(12)21/h2-9H,10H2,1H3,(H,22,27)(H,23,25). The molecule has 1 heterocycles. The van der Waals surface area contributed by atoms with Crippen LogP contribution in [0.25, 0.3) is 0 Å². The van der Waals surface area contributed by atoms with Gasteiger partial charge in [0, 0.05) is 11.8 Å². The SMILES string of the molecule is Cc1ccc(NC(=O)c2c[nH]c(=O)n(Cc3ccccc3F)c2=O)c(Cl)c1. The fourth-order valence-electron chi connectivity index (χ4n) is 2.53. The molecule has 0 aliphatic rings. The van der Waals surface area contributed by atoms with E-state index in [2.05, 4.69) is 10.3 Å². The van der Waals surface area contributed by atoms with Gasteiger partial charge in [-0.15, -0.1) is 0 Å². The van der Waals surface area contributed by atoms with E-state index < -0.39 is 23.0 Å². The normalized spacial score (nSPS) is 10.6. The van der Waals surface area contributed by atoms with Crippen molar-refractivity contribution in [2.24, 2.45) is 0 Å². The number of halogens is 2. The lowest BCUT2D eigenvalue weighted by molar-refractivity contribution is 0.102. The summed E-state index contributed by atoms with van der Waals surface area (Å²) in [4.78, 5) is 39.4. The number of amides is 1. The van der Waals surface area contributed by atoms with Gasteiger partial charge in [-0.2, -0.15) is 0 Å². The molecule has 27 heavy (non-hydrogen) atoms. The first kappa shape index (κ1) is 18.6. The van der Waals surface area contributed by atoms with Crippen molar-refractivity contribution in [1.82, 2.24) is 9.55 Å². The Balaban J connectivity index is 1.95. The van der Waals surface area contributed by atoms with Gasteiger partial charge in [-0.05, 0) is 30.7 Å². The van der Waals surface area contributed by atoms with Crippen LogP contribution in [0.15, 0.2) is 58.3 Å². The number of benzene rings is 2. The van der Waals surface area contributed by atoms with Gasteiger partial charge < -0.3 is 10.3 Å². The van der Waals surface area contributed by atoms with E-state index in [-0.39, 0.29) is 17.7 Å². The highest BCUT2D eigenvalue weighted by molar-refractivity contribution is 6.34. The first-order valence-electron chi connectivity index (χ1n) is 8.00. The van der Waals surface area contributed by atoms with E-state index in [1.165, 1.54) is 18.2 Å². The van der Waals surface area contributed by atoms with Crippen LogP contribution in [0.2, 0.25) is 5.02 Å². The highest BCUT2D eigenvalue weighted by Gasteiger charge is 2.17. The highest BCUT2D eigenvalue weighted by Crippen LogP contribution is 2.22. The molecule has 0 spiro atoms. The molecule has 0 saturated heterocycles. The van der Waals surface area contributed by atoms with Gasteiger partial charge in [0.05, 0.1) is 17.3 Å². The summed E-state index contributed by atoms with van der Waals surface area (Å²) in [6, 6.07) is 10.8. The van der Waals surface area contributed by atoms with E-state index in [0.29, 0.717) is 10.7 Å². The molecule has 138 valence electrons. The number of anilines is 1. The van der Waals surface area contributed by atoms with E-state index >= 15 is 0 Å². The molecule has 8 heteroatoms. The zero-order valence-electron chi connectivity index (χ0n) is 14.3. The Morgan fingerprint density at radius 1 is 1.22 bits per heavy atom. The zero-order valence-corrected chi connectivity index (χ0v) is 15.0.